The van der Waals surface area contributed by atoms with Crippen LogP contribution in [-0.2, 0) is 13.1 Å². The van der Waals surface area contributed by atoms with E-state index in [9.17, 15) is 0 Å². The highest BCUT2D eigenvalue weighted by Gasteiger charge is 2.15. The standard InChI is InChI=1S/C36H46N4/c1-5-9-13-27(7-3)23-39-25-37-35-31(15-11-17-33(35)39)29-19-21-30(22-20-29)32-16-12-18-34-36(32)38-26-40(34)24-28(8-4)14-10-6-2/h11-12,15-22,25-28H,5-10,13-14,23-24H2,1-4H3. The largest absolute Gasteiger partial charge is 0.330 e. The number of fused-ring (bicyclic) bond motifs is 2. The fourth-order valence-corrected chi connectivity index (χ4v) is 6.15. The average Bonchev–Trinajstić information content (AvgIpc) is 3.61. The number of imidazole rings is 2. The highest BCUT2D eigenvalue weighted by molar-refractivity contribution is 5.94. The normalized spacial score (nSPS) is 13.3. The van der Waals surface area contributed by atoms with Crippen molar-refractivity contribution in [3.63, 3.8) is 0 Å². The molecule has 0 aliphatic heterocycles. The van der Waals surface area contributed by atoms with Gasteiger partial charge in [0.2, 0.25) is 0 Å². The quantitative estimate of drug-likeness (QED) is 0.142. The van der Waals surface area contributed by atoms with Gasteiger partial charge in [-0.1, -0.05) is 115 Å². The van der Waals surface area contributed by atoms with Crippen LogP contribution in [0.25, 0.3) is 44.3 Å². The lowest BCUT2D eigenvalue weighted by Gasteiger charge is -2.16. The molecule has 0 fully saturated rings. The fourth-order valence-electron chi connectivity index (χ4n) is 6.15. The zero-order valence-corrected chi connectivity index (χ0v) is 24.9. The monoisotopic (exact) mass is 534 g/mol. The molecule has 4 nitrogen and oxygen atoms in total. The lowest BCUT2D eigenvalue weighted by Crippen LogP contribution is -2.09. The van der Waals surface area contributed by atoms with E-state index in [4.69, 9.17) is 9.97 Å². The number of unbranched alkanes of at least 4 members (excludes halogenated alkanes) is 2. The number of hydrogen-bond donors (Lipinski definition) is 0. The smallest absolute Gasteiger partial charge is 0.0963 e. The lowest BCUT2D eigenvalue weighted by atomic mass is 9.98. The summed E-state index contributed by atoms with van der Waals surface area (Å²) in [5, 5.41) is 0. The van der Waals surface area contributed by atoms with E-state index in [2.05, 4.69) is 97.5 Å². The van der Waals surface area contributed by atoms with E-state index < -0.39 is 0 Å². The molecule has 40 heavy (non-hydrogen) atoms. The second kappa shape index (κ2) is 13.3. The Kier molecular flexibility index (Phi) is 9.36. The van der Waals surface area contributed by atoms with Gasteiger partial charge in [0.15, 0.2) is 0 Å². The minimum atomic E-state index is 0.704. The van der Waals surface area contributed by atoms with Crippen LogP contribution in [0.4, 0.5) is 0 Å². The van der Waals surface area contributed by atoms with Crippen molar-refractivity contribution < 1.29 is 0 Å². The van der Waals surface area contributed by atoms with Crippen molar-refractivity contribution >= 4 is 22.1 Å². The number of rotatable bonds is 14. The summed E-state index contributed by atoms with van der Waals surface area (Å²) in [6.45, 7) is 11.3. The number of aromatic nitrogens is 4. The second-order valence-electron chi connectivity index (χ2n) is 11.6. The number of nitrogens with zero attached hydrogens (tertiary/aromatic N) is 4. The van der Waals surface area contributed by atoms with E-state index >= 15 is 0 Å². The molecule has 2 unspecified atom stereocenters. The molecule has 5 rings (SSSR count). The topological polar surface area (TPSA) is 35.6 Å². The van der Waals surface area contributed by atoms with Gasteiger partial charge in [0, 0.05) is 24.2 Å². The van der Waals surface area contributed by atoms with Gasteiger partial charge in [-0.3, -0.25) is 0 Å². The first-order valence-corrected chi connectivity index (χ1v) is 15.6. The summed E-state index contributed by atoms with van der Waals surface area (Å²) >= 11 is 0. The predicted molar refractivity (Wildman–Crippen MR) is 171 cm³/mol. The molecule has 0 aliphatic rings. The molecule has 0 N–H and O–H groups in total. The Hall–Kier alpha value is -3.40. The van der Waals surface area contributed by atoms with E-state index in [1.807, 2.05) is 12.7 Å². The second-order valence-corrected chi connectivity index (χ2v) is 11.6. The first-order chi connectivity index (χ1) is 19.7. The summed E-state index contributed by atoms with van der Waals surface area (Å²) in [7, 11) is 0. The first kappa shape index (κ1) is 28.1. The zero-order chi connectivity index (χ0) is 27.9. The highest BCUT2D eigenvalue weighted by atomic mass is 15.1. The Labute approximate surface area is 240 Å². The van der Waals surface area contributed by atoms with Crippen LogP contribution in [-0.4, -0.2) is 19.1 Å². The van der Waals surface area contributed by atoms with E-state index in [-0.39, 0.29) is 0 Å². The molecule has 0 bridgehead atoms. The van der Waals surface area contributed by atoms with E-state index in [0.29, 0.717) is 11.8 Å². The lowest BCUT2D eigenvalue weighted by molar-refractivity contribution is 0.395. The summed E-state index contributed by atoms with van der Waals surface area (Å²) in [6, 6.07) is 22.2. The maximum Gasteiger partial charge on any atom is 0.0963 e. The van der Waals surface area contributed by atoms with Crippen molar-refractivity contribution in [2.75, 3.05) is 0 Å². The number of para-hydroxylation sites is 2. The Morgan fingerprint density at radius 1 is 0.575 bits per heavy atom. The van der Waals surface area contributed by atoms with Crippen LogP contribution in [0.2, 0.25) is 0 Å². The third-order valence-electron chi connectivity index (χ3n) is 8.80. The fraction of sp³-hybridized carbons (Fsp3) is 0.444. The molecular formula is C36H46N4. The van der Waals surface area contributed by atoms with Gasteiger partial charge in [-0.05, 0) is 47.9 Å². The van der Waals surface area contributed by atoms with Crippen molar-refractivity contribution in [2.45, 2.75) is 92.2 Å². The molecule has 5 aromatic rings. The van der Waals surface area contributed by atoms with Gasteiger partial charge in [-0.15, -0.1) is 0 Å². The van der Waals surface area contributed by atoms with Crippen LogP contribution < -0.4 is 0 Å². The van der Waals surface area contributed by atoms with Crippen LogP contribution in [0, 0.1) is 11.8 Å². The van der Waals surface area contributed by atoms with Crippen LogP contribution in [0.15, 0.2) is 73.3 Å². The molecule has 0 saturated carbocycles. The molecule has 210 valence electrons. The number of benzene rings is 3. The third-order valence-corrected chi connectivity index (χ3v) is 8.80. The maximum atomic E-state index is 4.89. The van der Waals surface area contributed by atoms with Gasteiger partial charge in [-0.25, -0.2) is 9.97 Å². The summed E-state index contributed by atoms with van der Waals surface area (Å²) in [6.07, 6.45) is 14.2. The Morgan fingerprint density at radius 3 is 1.38 bits per heavy atom. The molecule has 0 saturated heterocycles. The molecule has 0 spiro atoms. The molecule has 0 radical (unpaired) electrons. The van der Waals surface area contributed by atoms with Crippen molar-refractivity contribution in [3.8, 4) is 22.3 Å². The van der Waals surface area contributed by atoms with Gasteiger partial charge in [0.1, 0.15) is 0 Å². The van der Waals surface area contributed by atoms with E-state index in [1.54, 1.807) is 0 Å². The Balaban J connectivity index is 1.40. The summed E-state index contributed by atoms with van der Waals surface area (Å²) in [5.41, 5.74) is 9.46. The van der Waals surface area contributed by atoms with Crippen molar-refractivity contribution in [1.29, 1.82) is 0 Å². The Bertz CT molecular complexity index is 1390. The minimum absolute atomic E-state index is 0.704. The van der Waals surface area contributed by atoms with Crippen molar-refractivity contribution in [2.24, 2.45) is 11.8 Å². The van der Waals surface area contributed by atoms with Crippen molar-refractivity contribution in [1.82, 2.24) is 19.1 Å². The van der Waals surface area contributed by atoms with Gasteiger partial charge < -0.3 is 9.13 Å². The predicted octanol–water partition coefficient (Wildman–Crippen LogP) is 10.2. The molecule has 0 aliphatic carbocycles. The van der Waals surface area contributed by atoms with E-state index in [0.717, 1.165) is 24.1 Å². The highest BCUT2D eigenvalue weighted by Crippen LogP contribution is 2.33. The van der Waals surface area contributed by atoms with Crippen molar-refractivity contribution in [3.05, 3.63) is 73.3 Å². The molecule has 2 aromatic heterocycles. The van der Waals surface area contributed by atoms with Gasteiger partial charge in [0.05, 0.1) is 34.7 Å². The summed E-state index contributed by atoms with van der Waals surface area (Å²) < 4.78 is 4.72. The summed E-state index contributed by atoms with van der Waals surface area (Å²) in [5.74, 6) is 1.41. The summed E-state index contributed by atoms with van der Waals surface area (Å²) in [4.78, 5) is 9.77. The van der Waals surface area contributed by atoms with Crippen LogP contribution >= 0.6 is 0 Å². The first-order valence-electron chi connectivity index (χ1n) is 15.6. The molecular weight excluding hydrogens is 488 g/mol. The van der Waals surface area contributed by atoms with Crippen LogP contribution in [0.3, 0.4) is 0 Å². The minimum Gasteiger partial charge on any atom is -0.330 e. The maximum absolute atomic E-state index is 4.89. The molecule has 2 atom stereocenters. The molecule has 3 aromatic carbocycles. The molecule has 2 heterocycles. The zero-order valence-electron chi connectivity index (χ0n) is 24.9. The number of hydrogen-bond acceptors (Lipinski definition) is 2. The SMILES string of the molecule is CCCCC(CC)Cn1cnc2c(-c3ccc(-c4cccc5c4ncn5CC(CC)CCCC)cc3)cccc21. The van der Waals surface area contributed by atoms with Gasteiger partial charge in [-0.2, -0.15) is 0 Å². The van der Waals surface area contributed by atoms with Gasteiger partial charge in [0.25, 0.3) is 0 Å². The van der Waals surface area contributed by atoms with Crippen LogP contribution in [0.1, 0.15) is 79.1 Å². The van der Waals surface area contributed by atoms with E-state index in [1.165, 1.54) is 84.7 Å². The average molecular weight is 535 g/mol. The molecule has 0 amide bonds. The Morgan fingerprint density at radius 2 is 1.00 bits per heavy atom. The third kappa shape index (κ3) is 6.01. The van der Waals surface area contributed by atoms with Gasteiger partial charge >= 0.3 is 0 Å². The van der Waals surface area contributed by atoms with Crippen LogP contribution in [0.5, 0.6) is 0 Å². The molecule has 4 heteroatoms.